The van der Waals surface area contributed by atoms with E-state index in [2.05, 4.69) is 23.0 Å². The highest BCUT2D eigenvalue weighted by Gasteiger charge is 2.25. The third-order valence-electron chi connectivity index (χ3n) is 4.57. The summed E-state index contributed by atoms with van der Waals surface area (Å²) in [5.41, 5.74) is 1.36. The molecule has 1 heterocycles. The van der Waals surface area contributed by atoms with E-state index in [1.807, 2.05) is 24.3 Å². The molecule has 0 unspecified atom stereocenters. The Morgan fingerprint density at radius 1 is 1.18 bits per heavy atom. The third kappa shape index (κ3) is 8.16. The lowest BCUT2D eigenvalue weighted by atomic mass is 10.1. The molecule has 0 aromatic heterocycles. The van der Waals surface area contributed by atoms with Gasteiger partial charge in [-0.1, -0.05) is 12.1 Å². The predicted molar refractivity (Wildman–Crippen MR) is 106 cm³/mol. The van der Waals surface area contributed by atoms with Gasteiger partial charge in [0.15, 0.2) is 0 Å². The maximum absolute atomic E-state index is 12.3. The van der Waals surface area contributed by atoms with Crippen molar-refractivity contribution in [3.05, 3.63) is 29.8 Å². The van der Waals surface area contributed by atoms with Crippen molar-refractivity contribution in [1.82, 2.24) is 10.6 Å². The van der Waals surface area contributed by atoms with Gasteiger partial charge in [-0.15, -0.1) is 0 Å². The number of nitrogens with zero attached hydrogens (tertiary/aromatic N) is 1. The number of hydrogen-bond acceptors (Lipinski definition) is 4. The van der Waals surface area contributed by atoms with Gasteiger partial charge in [0.05, 0.1) is 20.1 Å². The van der Waals surface area contributed by atoms with E-state index in [-0.39, 0.29) is 22.9 Å². The van der Waals surface area contributed by atoms with Crippen LogP contribution in [0.25, 0.3) is 0 Å². The molecule has 1 saturated heterocycles. The van der Waals surface area contributed by atoms with Crippen LogP contribution in [0.1, 0.15) is 33.3 Å². The highest BCUT2D eigenvalue weighted by Crippen LogP contribution is 2.16. The van der Waals surface area contributed by atoms with E-state index in [1.165, 1.54) is 5.56 Å². The number of hydrogen-bond donors (Lipinski definition) is 3. The standard InChI is InChI=1S/C20H32N4O3.BrH/c1-15(22-19(26)27-20(2,3)4)18(25)23-17-8-6-16(7-9-17)14-24(5)12-10-21-11-13-24;/h6-9,15,21H,10-14H2,1-5H3,(H-,22,23,25,26);1H/t15-;/m0./s1. The molecular weight excluding hydrogens is 424 g/mol. The van der Waals surface area contributed by atoms with Crippen LogP contribution >= 0.6 is 0 Å². The van der Waals surface area contributed by atoms with Crippen molar-refractivity contribution >= 4 is 17.7 Å². The Bertz CT molecular complexity index is 652. The number of carbonyl (C=O) groups is 2. The molecule has 0 saturated carbocycles. The fourth-order valence-electron chi connectivity index (χ4n) is 3.03. The minimum Gasteiger partial charge on any atom is -1.00 e. The normalized spacial score (nSPS) is 17.0. The second-order valence-corrected chi connectivity index (χ2v) is 8.53. The van der Waals surface area contributed by atoms with E-state index in [9.17, 15) is 9.59 Å². The number of amides is 2. The van der Waals surface area contributed by atoms with E-state index in [1.54, 1.807) is 27.7 Å². The van der Waals surface area contributed by atoms with Crippen LogP contribution in [-0.2, 0) is 16.1 Å². The van der Waals surface area contributed by atoms with Crippen LogP contribution in [0.15, 0.2) is 24.3 Å². The summed E-state index contributed by atoms with van der Waals surface area (Å²) in [6.45, 7) is 12.3. The van der Waals surface area contributed by atoms with E-state index < -0.39 is 17.7 Å². The van der Waals surface area contributed by atoms with Gasteiger partial charge in [-0.25, -0.2) is 4.79 Å². The molecule has 3 N–H and O–H groups in total. The summed E-state index contributed by atoms with van der Waals surface area (Å²) in [4.78, 5) is 24.0. The van der Waals surface area contributed by atoms with Crippen molar-refractivity contribution in [3.8, 4) is 0 Å². The quantitative estimate of drug-likeness (QED) is 0.501. The van der Waals surface area contributed by atoms with Crippen molar-refractivity contribution in [2.24, 2.45) is 0 Å². The molecule has 1 atom stereocenters. The van der Waals surface area contributed by atoms with Crippen LogP contribution in [0.4, 0.5) is 10.5 Å². The van der Waals surface area contributed by atoms with Gasteiger partial charge in [0.1, 0.15) is 18.2 Å². The fraction of sp³-hybridized carbons (Fsp3) is 0.600. The second kappa shape index (κ2) is 10.2. The molecule has 2 rings (SSSR count). The number of likely N-dealkylation sites (N-methyl/N-ethyl adjacent to an activating group) is 1. The number of halogens is 1. The Hall–Kier alpha value is -1.64. The summed E-state index contributed by atoms with van der Waals surface area (Å²) in [5.74, 6) is -0.283. The third-order valence-corrected chi connectivity index (χ3v) is 4.57. The lowest BCUT2D eigenvalue weighted by molar-refractivity contribution is -0.924. The molecule has 0 spiro atoms. The van der Waals surface area contributed by atoms with Crippen molar-refractivity contribution in [3.63, 3.8) is 0 Å². The molecule has 0 aliphatic carbocycles. The molecular formula is C20H33BrN4O3. The summed E-state index contributed by atoms with van der Waals surface area (Å²) in [6.07, 6.45) is -0.603. The Kier molecular flexibility index (Phi) is 8.91. The first-order valence-corrected chi connectivity index (χ1v) is 9.50. The van der Waals surface area contributed by atoms with Gasteiger partial charge in [0.2, 0.25) is 5.91 Å². The zero-order valence-electron chi connectivity index (χ0n) is 17.5. The first kappa shape index (κ1) is 24.4. The Balaban J connectivity index is 0.00000392. The second-order valence-electron chi connectivity index (χ2n) is 8.53. The topological polar surface area (TPSA) is 79.5 Å². The molecule has 1 aromatic rings. The molecule has 0 radical (unpaired) electrons. The Morgan fingerprint density at radius 2 is 1.75 bits per heavy atom. The number of piperazine rings is 1. The van der Waals surface area contributed by atoms with Crippen LogP contribution in [0.5, 0.6) is 0 Å². The monoisotopic (exact) mass is 456 g/mol. The Labute approximate surface area is 178 Å². The van der Waals surface area contributed by atoms with Gasteiger partial charge >= 0.3 is 6.09 Å². The highest BCUT2D eigenvalue weighted by atomic mass is 79.9. The molecule has 7 nitrogen and oxygen atoms in total. The number of anilines is 1. The number of nitrogens with one attached hydrogen (secondary N) is 3. The van der Waals surface area contributed by atoms with Gasteiger partial charge in [0, 0.05) is 24.3 Å². The SMILES string of the molecule is C[C@H](NC(=O)OC(C)(C)C)C(=O)Nc1ccc(C[N+]2(C)CCNCC2)cc1.[Br-]. The molecule has 8 heteroatoms. The number of ether oxygens (including phenoxy) is 1. The van der Waals surface area contributed by atoms with Crippen LogP contribution < -0.4 is 32.9 Å². The fourth-order valence-corrected chi connectivity index (χ4v) is 3.03. The summed E-state index contributed by atoms with van der Waals surface area (Å²) in [5, 5.41) is 8.76. The van der Waals surface area contributed by atoms with Crippen molar-refractivity contribution in [2.45, 2.75) is 45.9 Å². The average Bonchev–Trinajstić information content (AvgIpc) is 2.55. The number of benzene rings is 1. The van der Waals surface area contributed by atoms with E-state index in [4.69, 9.17) is 4.74 Å². The van der Waals surface area contributed by atoms with Crippen molar-refractivity contribution in [1.29, 1.82) is 0 Å². The first-order chi connectivity index (χ1) is 12.6. The molecule has 1 aliphatic rings. The zero-order chi connectivity index (χ0) is 20.1. The first-order valence-electron chi connectivity index (χ1n) is 9.50. The van der Waals surface area contributed by atoms with E-state index in [0.717, 1.165) is 37.2 Å². The van der Waals surface area contributed by atoms with E-state index >= 15 is 0 Å². The smallest absolute Gasteiger partial charge is 0.408 e. The number of quaternary nitrogens is 1. The van der Waals surface area contributed by atoms with E-state index in [0.29, 0.717) is 5.69 Å². The molecule has 1 fully saturated rings. The molecule has 1 aromatic carbocycles. The van der Waals surface area contributed by atoms with Crippen LogP contribution in [0, 0.1) is 0 Å². The average molecular weight is 457 g/mol. The van der Waals surface area contributed by atoms with Crippen molar-refractivity contribution < 1.29 is 35.8 Å². The zero-order valence-corrected chi connectivity index (χ0v) is 19.1. The number of rotatable bonds is 5. The van der Waals surface area contributed by atoms with Gasteiger partial charge < -0.3 is 42.2 Å². The number of alkyl carbamates (subject to hydrolysis) is 1. The summed E-state index contributed by atoms with van der Waals surface area (Å²) in [7, 11) is 2.28. The summed E-state index contributed by atoms with van der Waals surface area (Å²) < 4.78 is 6.19. The molecule has 2 amide bonds. The lowest BCUT2D eigenvalue weighted by Gasteiger charge is -2.38. The maximum Gasteiger partial charge on any atom is 0.408 e. The number of carbonyl (C=O) groups excluding carboxylic acids is 2. The largest absolute Gasteiger partial charge is 1.00 e. The van der Waals surface area contributed by atoms with Crippen LogP contribution in [0.2, 0.25) is 0 Å². The molecule has 0 bridgehead atoms. The van der Waals surface area contributed by atoms with Crippen LogP contribution in [-0.4, -0.2) is 61.4 Å². The molecule has 28 heavy (non-hydrogen) atoms. The van der Waals surface area contributed by atoms with Gasteiger partial charge in [-0.3, -0.25) is 4.79 Å². The van der Waals surface area contributed by atoms with Gasteiger partial charge in [-0.05, 0) is 39.8 Å². The molecule has 1 aliphatic heterocycles. The maximum atomic E-state index is 12.3. The minimum atomic E-state index is -0.690. The summed E-state index contributed by atoms with van der Waals surface area (Å²) in [6, 6.07) is 7.22. The minimum absolute atomic E-state index is 0. The predicted octanol–water partition coefficient (Wildman–Crippen LogP) is -0.908. The molecule has 158 valence electrons. The van der Waals surface area contributed by atoms with Crippen LogP contribution in [0.3, 0.4) is 0 Å². The van der Waals surface area contributed by atoms with Crippen molar-refractivity contribution in [2.75, 3.05) is 38.5 Å². The van der Waals surface area contributed by atoms with Gasteiger partial charge in [-0.2, -0.15) is 0 Å². The summed E-state index contributed by atoms with van der Waals surface area (Å²) >= 11 is 0. The Morgan fingerprint density at radius 3 is 2.29 bits per heavy atom. The highest BCUT2D eigenvalue weighted by molar-refractivity contribution is 5.96. The van der Waals surface area contributed by atoms with Gasteiger partial charge in [0.25, 0.3) is 0 Å². The lowest BCUT2D eigenvalue weighted by Crippen LogP contribution is -3.00.